The number of hydrogen-bond acceptors (Lipinski definition) is 5. The quantitative estimate of drug-likeness (QED) is 0.862. The second-order valence-corrected chi connectivity index (χ2v) is 6.26. The third-order valence-electron chi connectivity index (χ3n) is 3.41. The molecule has 5 nitrogen and oxygen atoms in total. The predicted molar refractivity (Wildman–Crippen MR) is 71.3 cm³/mol. The van der Waals surface area contributed by atoms with Gasteiger partial charge in [0.05, 0.1) is 6.54 Å². The second kappa shape index (κ2) is 5.26. The Morgan fingerprint density at radius 1 is 1.28 bits per heavy atom. The Balaban J connectivity index is 1.86. The van der Waals surface area contributed by atoms with E-state index in [1.54, 1.807) is 0 Å². The summed E-state index contributed by atoms with van der Waals surface area (Å²) in [4.78, 5) is 0. The third kappa shape index (κ3) is 3.70. The second-order valence-electron chi connectivity index (χ2n) is 6.26. The molecule has 1 aromatic heterocycles. The molecule has 18 heavy (non-hydrogen) atoms. The molecule has 1 fully saturated rings. The number of nitrogens with one attached hydrogen (secondary N) is 2. The van der Waals surface area contributed by atoms with Gasteiger partial charge in [0.2, 0.25) is 5.89 Å². The smallest absolute Gasteiger partial charge is 0.315 e. The van der Waals surface area contributed by atoms with Crippen molar-refractivity contribution in [2.75, 3.05) is 5.32 Å². The van der Waals surface area contributed by atoms with Gasteiger partial charge in [-0.2, -0.15) is 0 Å². The zero-order valence-corrected chi connectivity index (χ0v) is 11.8. The van der Waals surface area contributed by atoms with Crippen LogP contribution in [-0.4, -0.2) is 21.8 Å². The van der Waals surface area contributed by atoms with Crippen molar-refractivity contribution in [3.63, 3.8) is 0 Å². The molecular weight excluding hydrogens is 228 g/mol. The van der Waals surface area contributed by atoms with Gasteiger partial charge < -0.3 is 15.1 Å². The first-order chi connectivity index (χ1) is 8.44. The van der Waals surface area contributed by atoms with Crippen LogP contribution in [0.2, 0.25) is 0 Å². The maximum atomic E-state index is 5.59. The number of anilines is 1. The minimum Gasteiger partial charge on any atom is -0.407 e. The maximum Gasteiger partial charge on any atom is 0.315 e. The Morgan fingerprint density at radius 2 is 2.06 bits per heavy atom. The predicted octanol–water partition coefficient (Wildman–Crippen LogP) is 2.56. The Hall–Kier alpha value is -1.10. The fourth-order valence-electron chi connectivity index (χ4n) is 2.24. The molecule has 1 aliphatic carbocycles. The lowest BCUT2D eigenvalue weighted by Gasteiger charge is -2.18. The summed E-state index contributed by atoms with van der Waals surface area (Å²) in [5.74, 6) is 1.33. The van der Waals surface area contributed by atoms with E-state index in [9.17, 15) is 0 Å². The van der Waals surface area contributed by atoms with Crippen molar-refractivity contribution >= 4 is 6.01 Å². The number of rotatable bonds is 4. The van der Waals surface area contributed by atoms with Crippen LogP contribution in [0.4, 0.5) is 6.01 Å². The van der Waals surface area contributed by atoms with Crippen molar-refractivity contribution in [2.45, 2.75) is 65.1 Å². The molecule has 1 saturated carbocycles. The molecule has 0 spiro atoms. The highest BCUT2D eigenvalue weighted by molar-refractivity contribution is 5.20. The third-order valence-corrected chi connectivity index (χ3v) is 3.41. The molecule has 1 aromatic rings. The average molecular weight is 252 g/mol. The van der Waals surface area contributed by atoms with Gasteiger partial charge in [0.1, 0.15) is 0 Å². The standard InChI is InChI=1S/C13H24N4O/c1-9-6-5-7-10(9)15-12-17-16-11(18-12)8-14-13(2,3)4/h9-10,14H,5-8H2,1-4H3,(H,15,17). The fraction of sp³-hybridized carbons (Fsp3) is 0.846. The molecule has 0 aliphatic heterocycles. The molecule has 5 heteroatoms. The van der Waals surface area contributed by atoms with Crippen molar-refractivity contribution in [3.05, 3.63) is 5.89 Å². The topological polar surface area (TPSA) is 63.0 Å². The number of aromatic nitrogens is 2. The van der Waals surface area contributed by atoms with Crippen molar-refractivity contribution in [1.29, 1.82) is 0 Å². The fourth-order valence-corrected chi connectivity index (χ4v) is 2.24. The van der Waals surface area contributed by atoms with Crippen molar-refractivity contribution in [3.8, 4) is 0 Å². The summed E-state index contributed by atoms with van der Waals surface area (Å²) in [6.07, 6.45) is 3.76. The molecule has 2 N–H and O–H groups in total. The summed E-state index contributed by atoms with van der Waals surface area (Å²) in [6.45, 7) is 9.22. The SMILES string of the molecule is CC1CCCC1Nc1nnc(CNC(C)(C)C)o1. The van der Waals surface area contributed by atoms with Crippen molar-refractivity contribution in [1.82, 2.24) is 15.5 Å². The highest BCUT2D eigenvalue weighted by atomic mass is 16.4. The average Bonchev–Trinajstić information content (AvgIpc) is 2.86. The highest BCUT2D eigenvalue weighted by Crippen LogP contribution is 2.27. The van der Waals surface area contributed by atoms with Gasteiger partial charge >= 0.3 is 6.01 Å². The summed E-state index contributed by atoms with van der Waals surface area (Å²) >= 11 is 0. The van der Waals surface area contributed by atoms with Crippen LogP contribution >= 0.6 is 0 Å². The Labute approximate surface area is 109 Å². The van der Waals surface area contributed by atoms with Crippen LogP contribution in [0, 0.1) is 5.92 Å². The molecule has 0 bridgehead atoms. The van der Waals surface area contributed by atoms with Gasteiger partial charge in [-0.1, -0.05) is 18.4 Å². The van der Waals surface area contributed by atoms with E-state index in [0.717, 1.165) is 0 Å². The van der Waals surface area contributed by atoms with Gasteiger partial charge in [0.25, 0.3) is 0 Å². The van der Waals surface area contributed by atoms with E-state index in [4.69, 9.17) is 4.42 Å². The lowest BCUT2D eigenvalue weighted by molar-refractivity contribution is 0.382. The lowest BCUT2D eigenvalue weighted by Crippen LogP contribution is -2.35. The first-order valence-electron chi connectivity index (χ1n) is 6.78. The molecular formula is C13H24N4O. The van der Waals surface area contributed by atoms with Crippen LogP contribution in [-0.2, 0) is 6.54 Å². The van der Waals surface area contributed by atoms with Gasteiger partial charge in [0, 0.05) is 11.6 Å². The first-order valence-corrected chi connectivity index (χ1v) is 6.78. The van der Waals surface area contributed by atoms with E-state index in [1.165, 1.54) is 19.3 Å². The molecule has 0 radical (unpaired) electrons. The van der Waals surface area contributed by atoms with Gasteiger partial charge in [-0.3, -0.25) is 0 Å². The van der Waals surface area contributed by atoms with Crippen LogP contribution in [0.15, 0.2) is 4.42 Å². The molecule has 2 rings (SSSR count). The summed E-state index contributed by atoms with van der Waals surface area (Å²) in [5.41, 5.74) is 0.0576. The van der Waals surface area contributed by atoms with Gasteiger partial charge in [-0.05, 0) is 39.5 Å². The van der Waals surface area contributed by atoms with Crippen LogP contribution in [0.25, 0.3) is 0 Å². The molecule has 102 valence electrons. The minimum absolute atomic E-state index is 0.0576. The highest BCUT2D eigenvalue weighted by Gasteiger charge is 2.24. The number of hydrogen-bond donors (Lipinski definition) is 2. The van der Waals surface area contributed by atoms with Crippen molar-refractivity contribution in [2.24, 2.45) is 5.92 Å². The lowest BCUT2D eigenvalue weighted by atomic mass is 10.1. The zero-order valence-electron chi connectivity index (χ0n) is 11.8. The molecule has 1 aliphatic rings. The zero-order chi connectivity index (χ0) is 13.2. The molecule has 2 unspecified atom stereocenters. The van der Waals surface area contributed by atoms with Crippen LogP contribution in [0.5, 0.6) is 0 Å². The molecule has 0 aromatic carbocycles. The van der Waals surface area contributed by atoms with E-state index in [0.29, 0.717) is 30.4 Å². The van der Waals surface area contributed by atoms with E-state index in [1.807, 2.05) is 0 Å². The van der Waals surface area contributed by atoms with E-state index in [2.05, 4.69) is 48.5 Å². The van der Waals surface area contributed by atoms with Gasteiger partial charge in [-0.25, -0.2) is 0 Å². The maximum absolute atomic E-state index is 5.59. The summed E-state index contributed by atoms with van der Waals surface area (Å²) in [7, 11) is 0. The van der Waals surface area contributed by atoms with Crippen molar-refractivity contribution < 1.29 is 4.42 Å². The monoisotopic (exact) mass is 252 g/mol. The summed E-state index contributed by atoms with van der Waals surface area (Å²) < 4.78 is 5.59. The van der Waals surface area contributed by atoms with E-state index >= 15 is 0 Å². The van der Waals surface area contributed by atoms with Gasteiger partial charge in [-0.15, -0.1) is 5.10 Å². The van der Waals surface area contributed by atoms with E-state index < -0.39 is 0 Å². The van der Waals surface area contributed by atoms with Crippen LogP contribution in [0.1, 0.15) is 52.8 Å². The van der Waals surface area contributed by atoms with Gasteiger partial charge in [0.15, 0.2) is 0 Å². The molecule has 2 atom stereocenters. The minimum atomic E-state index is 0.0576. The van der Waals surface area contributed by atoms with Crippen LogP contribution < -0.4 is 10.6 Å². The Morgan fingerprint density at radius 3 is 2.67 bits per heavy atom. The Bertz CT molecular complexity index is 383. The molecule has 1 heterocycles. The largest absolute Gasteiger partial charge is 0.407 e. The Kier molecular flexibility index (Phi) is 3.90. The molecule has 0 amide bonds. The summed E-state index contributed by atoms with van der Waals surface area (Å²) in [5, 5.41) is 14.8. The molecule has 0 saturated heterocycles. The van der Waals surface area contributed by atoms with Crippen LogP contribution in [0.3, 0.4) is 0 Å². The first kappa shape index (κ1) is 13.3. The number of nitrogens with zero attached hydrogens (tertiary/aromatic N) is 2. The normalized spacial score (nSPS) is 24.4. The summed E-state index contributed by atoms with van der Waals surface area (Å²) in [6, 6.07) is 1.04. The van der Waals surface area contributed by atoms with E-state index in [-0.39, 0.29) is 5.54 Å².